The molecule has 21 heavy (non-hydrogen) atoms. The van der Waals surface area contributed by atoms with Crippen molar-refractivity contribution >= 4 is 11.8 Å². The van der Waals surface area contributed by atoms with Gasteiger partial charge in [-0.25, -0.2) is 4.39 Å². The monoisotopic (exact) mass is 314 g/mol. The van der Waals surface area contributed by atoms with Crippen LogP contribution >= 0.6 is 11.8 Å². The highest BCUT2D eigenvalue weighted by Crippen LogP contribution is 2.27. The maximum Gasteiger partial charge on any atom is 0.301 e. The molecule has 0 fully saturated rings. The quantitative estimate of drug-likeness (QED) is 0.719. The van der Waals surface area contributed by atoms with Gasteiger partial charge in [-0.1, -0.05) is 42.1 Å². The molecule has 0 aliphatic carbocycles. The van der Waals surface area contributed by atoms with Gasteiger partial charge in [-0.3, -0.25) is 0 Å². The summed E-state index contributed by atoms with van der Waals surface area (Å²) in [6, 6.07) is 9.64. The summed E-state index contributed by atoms with van der Waals surface area (Å²) in [5, 5.41) is 8.01. The van der Waals surface area contributed by atoms with Crippen molar-refractivity contribution in [3.8, 4) is 0 Å². The van der Waals surface area contributed by atoms with Crippen LogP contribution in [0.5, 0.6) is 0 Å². The summed E-state index contributed by atoms with van der Waals surface area (Å²) in [4.78, 5) is 0. The number of halogens is 3. The molecule has 1 aromatic carbocycles. The Bertz CT molecular complexity index is 612. The topological polar surface area (TPSA) is 38.9 Å². The van der Waals surface area contributed by atoms with E-state index in [-0.39, 0.29) is 23.3 Å². The van der Waals surface area contributed by atoms with E-state index >= 15 is 0 Å². The normalized spacial score (nSPS) is 12.2. The van der Waals surface area contributed by atoms with Crippen molar-refractivity contribution in [1.82, 2.24) is 10.2 Å². The minimum Gasteiger partial charge on any atom is -0.415 e. The van der Waals surface area contributed by atoms with Crippen molar-refractivity contribution in [2.75, 3.05) is 5.75 Å². The van der Waals surface area contributed by atoms with E-state index in [1.807, 2.05) is 37.3 Å². The highest BCUT2D eigenvalue weighted by Gasteiger charge is 2.16. The van der Waals surface area contributed by atoms with Crippen LogP contribution in [0.3, 0.4) is 0 Å². The third-order valence-corrected chi connectivity index (χ3v) is 3.66. The fourth-order valence-corrected chi connectivity index (χ4v) is 2.36. The number of nitrogens with zero attached hydrogens (tertiary/aromatic N) is 2. The van der Waals surface area contributed by atoms with Gasteiger partial charge in [0.2, 0.25) is 5.89 Å². The van der Waals surface area contributed by atoms with Crippen LogP contribution in [-0.2, 0) is 0 Å². The third-order valence-electron chi connectivity index (χ3n) is 2.84. The summed E-state index contributed by atoms with van der Waals surface area (Å²) in [5.41, 5.74) is 1.03. The van der Waals surface area contributed by atoms with Gasteiger partial charge in [-0.05, 0) is 12.5 Å². The first-order valence-corrected chi connectivity index (χ1v) is 7.27. The highest BCUT2D eigenvalue weighted by molar-refractivity contribution is 7.99. The molecule has 0 bridgehead atoms. The Morgan fingerprint density at radius 2 is 1.90 bits per heavy atom. The molecule has 0 aliphatic heterocycles. The number of allylic oxidation sites excluding steroid dienone is 1. The summed E-state index contributed by atoms with van der Waals surface area (Å²) in [6.07, 6.45) is -2.64. The zero-order valence-electron chi connectivity index (χ0n) is 11.2. The van der Waals surface area contributed by atoms with Crippen LogP contribution in [0.15, 0.2) is 51.9 Å². The molecule has 0 spiro atoms. The lowest BCUT2D eigenvalue weighted by atomic mass is 10.0. The first-order valence-electron chi connectivity index (χ1n) is 6.28. The number of thioether (sulfide) groups is 1. The van der Waals surface area contributed by atoms with Gasteiger partial charge in [0.25, 0.3) is 5.22 Å². The Balaban J connectivity index is 1.94. The molecule has 0 saturated heterocycles. The number of rotatable bonds is 6. The number of hydrogen-bond acceptors (Lipinski definition) is 4. The van der Waals surface area contributed by atoms with Crippen LogP contribution in [0.2, 0.25) is 0 Å². The Morgan fingerprint density at radius 3 is 2.57 bits per heavy atom. The van der Waals surface area contributed by atoms with Crippen molar-refractivity contribution in [2.24, 2.45) is 0 Å². The van der Waals surface area contributed by atoms with E-state index in [1.54, 1.807) is 0 Å². The van der Waals surface area contributed by atoms with Crippen LogP contribution < -0.4 is 0 Å². The summed E-state index contributed by atoms with van der Waals surface area (Å²) in [6.45, 7) is 1.93. The second kappa shape index (κ2) is 7.31. The molecule has 3 nitrogen and oxygen atoms in total. The molecule has 0 aliphatic rings. The summed E-state index contributed by atoms with van der Waals surface area (Å²) >= 11 is 1.05. The predicted molar refractivity (Wildman–Crippen MR) is 73.9 cm³/mol. The van der Waals surface area contributed by atoms with E-state index in [1.165, 1.54) is 0 Å². The summed E-state index contributed by atoms with van der Waals surface area (Å²) in [5.74, 6) is -0.908. The molecule has 1 atom stereocenters. The van der Waals surface area contributed by atoms with E-state index in [0.717, 1.165) is 17.3 Å². The molecule has 0 saturated carbocycles. The van der Waals surface area contributed by atoms with E-state index in [4.69, 9.17) is 4.42 Å². The van der Waals surface area contributed by atoms with Crippen molar-refractivity contribution in [2.45, 2.75) is 24.5 Å². The van der Waals surface area contributed by atoms with Crippen molar-refractivity contribution in [3.63, 3.8) is 0 Å². The number of benzene rings is 1. The van der Waals surface area contributed by atoms with Gasteiger partial charge in [0.05, 0.1) is 5.92 Å². The van der Waals surface area contributed by atoms with E-state index in [0.29, 0.717) is 5.89 Å². The molecule has 1 heterocycles. The fourth-order valence-electron chi connectivity index (χ4n) is 1.66. The minimum atomic E-state index is -2.28. The lowest BCUT2D eigenvalue weighted by Crippen LogP contribution is -1.95. The molecule has 2 rings (SSSR count). The first kappa shape index (κ1) is 15.6. The molecule has 1 unspecified atom stereocenters. The number of hydrogen-bond donors (Lipinski definition) is 0. The Morgan fingerprint density at radius 1 is 1.19 bits per heavy atom. The first-order chi connectivity index (χ1) is 10.1. The lowest BCUT2D eigenvalue weighted by Gasteiger charge is -2.05. The molecular weight excluding hydrogens is 301 g/mol. The van der Waals surface area contributed by atoms with Crippen LogP contribution in [0.4, 0.5) is 13.2 Å². The van der Waals surface area contributed by atoms with Gasteiger partial charge in [-0.2, -0.15) is 8.78 Å². The second-order valence-electron chi connectivity index (χ2n) is 4.30. The average molecular weight is 314 g/mol. The molecule has 2 aromatic rings. The van der Waals surface area contributed by atoms with Crippen LogP contribution in [0, 0.1) is 0 Å². The zero-order chi connectivity index (χ0) is 15.2. The smallest absolute Gasteiger partial charge is 0.301 e. The average Bonchev–Trinajstić information content (AvgIpc) is 2.96. The summed E-state index contributed by atoms with van der Waals surface area (Å²) in [7, 11) is 0. The largest absolute Gasteiger partial charge is 0.415 e. The van der Waals surface area contributed by atoms with Gasteiger partial charge >= 0.3 is 6.08 Å². The maximum atomic E-state index is 12.6. The number of aromatic nitrogens is 2. The Hall–Kier alpha value is -1.76. The van der Waals surface area contributed by atoms with Crippen molar-refractivity contribution < 1.29 is 17.6 Å². The van der Waals surface area contributed by atoms with E-state index in [9.17, 15) is 13.2 Å². The van der Waals surface area contributed by atoms with Crippen LogP contribution in [0.1, 0.15) is 30.7 Å². The van der Waals surface area contributed by atoms with Crippen LogP contribution in [0.25, 0.3) is 0 Å². The van der Waals surface area contributed by atoms with E-state index in [2.05, 4.69) is 10.2 Å². The third kappa shape index (κ3) is 4.35. The van der Waals surface area contributed by atoms with Gasteiger partial charge in [-0.15, -0.1) is 10.2 Å². The molecule has 0 N–H and O–H groups in total. The standard InChI is InChI=1S/C14H13F3N2OS/c1-9(10-5-3-2-4-6-10)13-18-19-14(20-13)21-8-7-11(15)12(16)17/h2-6,9H,7-8H2,1H3. The minimum absolute atomic E-state index is 0.0621. The second-order valence-corrected chi connectivity index (χ2v) is 5.35. The van der Waals surface area contributed by atoms with Crippen LogP contribution in [-0.4, -0.2) is 16.0 Å². The highest BCUT2D eigenvalue weighted by atomic mass is 32.2. The van der Waals surface area contributed by atoms with Crippen molar-refractivity contribution in [3.05, 3.63) is 53.7 Å². The fraction of sp³-hybridized carbons (Fsp3) is 0.286. The predicted octanol–water partition coefficient (Wildman–Crippen LogP) is 4.78. The maximum absolute atomic E-state index is 12.6. The van der Waals surface area contributed by atoms with E-state index < -0.39 is 11.9 Å². The van der Waals surface area contributed by atoms with Gasteiger partial charge in [0.1, 0.15) is 0 Å². The molecule has 112 valence electrons. The Kier molecular flexibility index (Phi) is 5.44. The molecule has 1 aromatic heterocycles. The van der Waals surface area contributed by atoms with Gasteiger partial charge in [0.15, 0.2) is 5.83 Å². The van der Waals surface area contributed by atoms with Crippen molar-refractivity contribution in [1.29, 1.82) is 0 Å². The molecule has 0 radical (unpaired) electrons. The molecule has 0 amide bonds. The SMILES string of the molecule is CC(c1ccccc1)c1nnc(SCCC(F)=C(F)F)o1. The zero-order valence-corrected chi connectivity index (χ0v) is 12.0. The lowest BCUT2D eigenvalue weighted by molar-refractivity contribution is 0.373. The molecular formula is C14H13F3N2OS. The molecule has 7 heteroatoms. The Labute approximate surface area is 124 Å². The van der Waals surface area contributed by atoms with Gasteiger partial charge < -0.3 is 4.42 Å². The van der Waals surface area contributed by atoms with Gasteiger partial charge in [0, 0.05) is 12.2 Å². The summed E-state index contributed by atoms with van der Waals surface area (Å²) < 4.78 is 41.9.